The topological polar surface area (TPSA) is 26.0 Å². The maximum absolute atomic E-state index is 5.54. The summed E-state index contributed by atoms with van der Waals surface area (Å²) >= 11 is 3.46. The van der Waals surface area contributed by atoms with E-state index in [1.54, 1.807) is 0 Å². The third kappa shape index (κ3) is 1.82. The van der Waals surface area contributed by atoms with E-state index in [1.807, 2.05) is 0 Å². The standard InChI is InChI=1S/C9H12BrN/c1-6-3-8(5-11)9(10)4-7(6)2/h3-4H,5,11H2,1-2H3. The van der Waals surface area contributed by atoms with Crippen LogP contribution in [0.1, 0.15) is 16.7 Å². The lowest BCUT2D eigenvalue weighted by Crippen LogP contribution is -1.98. The van der Waals surface area contributed by atoms with E-state index in [1.165, 1.54) is 16.7 Å². The molecule has 0 aliphatic rings. The number of halogens is 1. The normalized spacial score (nSPS) is 10.2. The van der Waals surface area contributed by atoms with Gasteiger partial charge >= 0.3 is 0 Å². The summed E-state index contributed by atoms with van der Waals surface area (Å²) in [6.07, 6.45) is 0. The first kappa shape index (κ1) is 8.75. The lowest BCUT2D eigenvalue weighted by Gasteiger charge is -2.05. The molecule has 0 radical (unpaired) electrons. The van der Waals surface area contributed by atoms with Gasteiger partial charge in [-0.05, 0) is 36.6 Å². The van der Waals surface area contributed by atoms with E-state index in [4.69, 9.17) is 5.73 Å². The Hall–Kier alpha value is -0.340. The van der Waals surface area contributed by atoms with Crippen molar-refractivity contribution in [2.24, 2.45) is 5.73 Å². The number of aryl methyl sites for hydroxylation is 2. The molecule has 11 heavy (non-hydrogen) atoms. The zero-order chi connectivity index (χ0) is 8.43. The summed E-state index contributed by atoms with van der Waals surface area (Å²) in [5.74, 6) is 0. The van der Waals surface area contributed by atoms with Crippen molar-refractivity contribution in [3.05, 3.63) is 33.3 Å². The fourth-order valence-corrected chi connectivity index (χ4v) is 1.62. The predicted octanol–water partition coefficient (Wildman–Crippen LogP) is 2.52. The van der Waals surface area contributed by atoms with Crippen LogP contribution in [-0.4, -0.2) is 0 Å². The van der Waals surface area contributed by atoms with Gasteiger partial charge in [0.2, 0.25) is 0 Å². The first-order valence-electron chi connectivity index (χ1n) is 3.61. The van der Waals surface area contributed by atoms with Crippen molar-refractivity contribution in [2.75, 3.05) is 0 Å². The molecule has 0 amide bonds. The highest BCUT2D eigenvalue weighted by Crippen LogP contribution is 2.20. The van der Waals surface area contributed by atoms with E-state index in [9.17, 15) is 0 Å². The van der Waals surface area contributed by atoms with Crippen LogP contribution in [0.2, 0.25) is 0 Å². The molecule has 60 valence electrons. The van der Waals surface area contributed by atoms with Crippen LogP contribution in [0.4, 0.5) is 0 Å². The Bertz CT molecular complexity index is 269. The summed E-state index contributed by atoms with van der Waals surface area (Å²) in [5.41, 5.74) is 9.31. The average Bonchev–Trinajstić information content (AvgIpc) is 1.97. The maximum Gasteiger partial charge on any atom is 0.0223 e. The predicted molar refractivity (Wildman–Crippen MR) is 51.5 cm³/mol. The maximum atomic E-state index is 5.54. The molecule has 0 unspecified atom stereocenters. The van der Waals surface area contributed by atoms with Crippen molar-refractivity contribution < 1.29 is 0 Å². The summed E-state index contributed by atoms with van der Waals surface area (Å²) in [5, 5.41) is 0. The first-order chi connectivity index (χ1) is 5.15. The van der Waals surface area contributed by atoms with Gasteiger partial charge < -0.3 is 5.73 Å². The minimum absolute atomic E-state index is 0.599. The Morgan fingerprint density at radius 1 is 1.27 bits per heavy atom. The fourth-order valence-electron chi connectivity index (χ4n) is 0.997. The van der Waals surface area contributed by atoms with Crippen LogP contribution >= 0.6 is 15.9 Å². The van der Waals surface area contributed by atoms with Crippen molar-refractivity contribution in [3.8, 4) is 0 Å². The quantitative estimate of drug-likeness (QED) is 0.763. The Labute approximate surface area is 75.7 Å². The lowest BCUT2D eigenvalue weighted by molar-refractivity contribution is 1.05. The largest absolute Gasteiger partial charge is 0.326 e. The van der Waals surface area contributed by atoms with Gasteiger partial charge in [-0.3, -0.25) is 0 Å². The Kier molecular flexibility index (Phi) is 2.68. The molecule has 0 aromatic heterocycles. The highest BCUT2D eigenvalue weighted by atomic mass is 79.9. The molecule has 0 fully saturated rings. The molecule has 2 N–H and O–H groups in total. The van der Waals surface area contributed by atoms with Crippen molar-refractivity contribution in [3.63, 3.8) is 0 Å². The number of hydrogen-bond acceptors (Lipinski definition) is 1. The van der Waals surface area contributed by atoms with Crippen LogP contribution in [0.5, 0.6) is 0 Å². The minimum Gasteiger partial charge on any atom is -0.326 e. The van der Waals surface area contributed by atoms with Crippen molar-refractivity contribution in [1.29, 1.82) is 0 Å². The number of hydrogen-bond donors (Lipinski definition) is 1. The molecule has 2 heteroatoms. The van der Waals surface area contributed by atoms with E-state index in [0.717, 1.165) is 4.47 Å². The van der Waals surface area contributed by atoms with Gasteiger partial charge in [-0.15, -0.1) is 0 Å². The second-order valence-electron chi connectivity index (χ2n) is 2.73. The van der Waals surface area contributed by atoms with Crippen molar-refractivity contribution in [1.82, 2.24) is 0 Å². The summed E-state index contributed by atoms with van der Waals surface area (Å²) < 4.78 is 1.11. The Balaban J connectivity index is 3.21. The molecule has 0 heterocycles. The molecule has 1 aromatic rings. The van der Waals surface area contributed by atoms with E-state index in [2.05, 4.69) is 41.9 Å². The first-order valence-corrected chi connectivity index (χ1v) is 4.40. The van der Waals surface area contributed by atoms with Gasteiger partial charge in [0.15, 0.2) is 0 Å². The molecule has 0 atom stereocenters. The van der Waals surface area contributed by atoms with E-state index in [0.29, 0.717) is 6.54 Å². The summed E-state index contributed by atoms with van der Waals surface area (Å²) in [7, 11) is 0. The number of benzene rings is 1. The number of rotatable bonds is 1. The molecular formula is C9H12BrN. The van der Waals surface area contributed by atoms with Crippen LogP contribution < -0.4 is 5.73 Å². The van der Waals surface area contributed by atoms with Gasteiger partial charge in [-0.2, -0.15) is 0 Å². The van der Waals surface area contributed by atoms with Gasteiger partial charge in [0.25, 0.3) is 0 Å². The second-order valence-corrected chi connectivity index (χ2v) is 3.59. The van der Waals surface area contributed by atoms with Gasteiger partial charge in [-0.25, -0.2) is 0 Å². The van der Waals surface area contributed by atoms with E-state index in [-0.39, 0.29) is 0 Å². The highest BCUT2D eigenvalue weighted by molar-refractivity contribution is 9.10. The van der Waals surface area contributed by atoms with Crippen molar-refractivity contribution >= 4 is 15.9 Å². The Morgan fingerprint density at radius 3 is 2.36 bits per heavy atom. The summed E-state index contributed by atoms with van der Waals surface area (Å²) in [6, 6.07) is 4.23. The molecule has 0 saturated heterocycles. The number of nitrogens with two attached hydrogens (primary N) is 1. The minimum atomic E-state index is 0.599. The van der Waals surface area contributed by atoms with Crippen LogP contribution in [0.3, 0.4) is 0 Å². The zero-order valence-corrected chi connectivity index (χ0v) is 8.40. The summed E-state index contributed by atoms with van der Waals surface area (Å²) in [6.45, 7) is 4.79. The zero-order valence-electron chi connectivity index (χ0n) is 6.82. The molecule has 0 bridgehead atoms. The molecular weight excluding hydrogens is 202 g/mol. The molecule has 1 nitrogen and oxygen atoms in total. The third-order valence-electron chi connectivity index (χ3n) is 1.88. The van der Waals surface area contributed by atoms with Crippen LogP contribution in [-0.2, 0) is 6.54 Å². The lowest BCUT2D eigenvalue weighted by atomic mass is 10.1. The van der Waals surface area contributed by atoms with Gasteiger partial charge in [-0.1, -0.05) is 22.0 Å². The average molecular weight is 214 g/mol. The summed E-state index contributed by atoms with van der Waals surface area (Å²) in [4.78, 5) is 0. The van der Waals surface area contributed by atoms with Gasteiger partial charge in [0.05, 0.1) is 0 Å². The van der Waals surface area contributed by atoms with Gasteiger partial charge in [0.1, 0.15) is 0 Å². The monoisotopic (exact) mass is 213 g/mol. The van der Waals surface area contributed by atoms with Gasteiger partial charge in [0, 0.05) is 11.0 Å². The van der Waals surface area contributed by atoms with E-state index < -0.39 is 0 Å². The smallest absolute Gasteiger partial charge is 0.0223 e. The van der Waals surface area contributed by atoms with E-state index >= 15 is 0 Å². The van der Waals surface area contributed by atoms with Crippen molar-refractivity contribution in [2.45, 2.75) is 20.4 Å². The Morgan fingerprint density at radius 2 is 1.82 bits per heavy atom. The molecule has 0 aliphatic heterocycles. The van der Waals surface area contributed by atoms with Crippen LogP contribution in [0, 0.1) is 13.8 Å². The second kappa shape index (κ2) is 3.37. The highest BCUT2D eigenvalue weighted by Gasteiger charge is 1.99. The van der Waals surface area contributed by atoms with Crippen LogP contribution in [0.25, 0.3) is 0 Å². The molecule has 0 saturated carbocycles. The van der Waals surface area contributed by atoms with Crippen LogP contribution in [0.15, 0.2) is 16.6 Å². The molecule has 1 rings (SSSR count). The molecule has 0 spiro atoms. The SMILES string of the molecule is Cc1cc(Br)c(CN)cc1C. The third-order valence-corrected chi connectivity index (χ3v) is 2.62. The fraction of sp³-hybridized carbons (Fsp3) is 0.333. The molecule has 0 aliphatic carbocycles. The molecule has 1 aromatic carbocycles.